The lowest BCUT2D eigenvalue weighted by molar-refractivity contribution is -0.120. The van der Waals surface area contributed by atoms with Crippen molar-refractivity contribution >= 4 is 28.2 Å². The average molecular weight is 449 g/mol. The Hall–Kier alpha value is -2.96. The molecule has 4 rings (SSSR count). The minimum absolute atomic E-state index is 0.00105. The van der Waals surface area contributed by atoms with Crippen molar-refractivity contribution in [3.63, 3.8) is 0 Å². The van der Waals surface area contributed by atoms with Crippen LogP contribution >= 0.6 is 11.3 Å². The zero-order chi connectivity index (χ0) is 22.3. The zero-order valence-electron chi connectivity index (χ0n) is 18.3. The third-order valence-electron chi connectivity index (χ3n) is 5.64. The van der Waals surface area contributed by atoms with Crippen LogP contribution in [0.3, 0.4) is 0 Å². The minimum atomic E-state index is -0.255. The maximum Gasteiger partial charge on any atom is 0.257 e. The molecule has 1 aliphatic rings. The van der Waals surface area contributed by atoms with Gasteiger partial charge in [-0.2, -0.15) is 0 Å². The summed E-state index contributed by atoms with van der Waals surface area (Å²) in [7, 11) is 0. The van der Waals surface area contributed by atoms with Gasteiger partial charge in [0, 0.05) is 18.0 Å². The van der Waals surface area contributed by atoms with Gasteiger partial charge in [-0.25, -0.2) is 0 Å². The quantitative estimate of drug-likeness (QED) is 0.519. The van der Waals surface area contributed by atoms with E-state index in [9.17, 15) is 9.59 Å². The number of hydrogen-bond donors (Lipinski definition) is 1. The molecule has 0 radical (unpaired) electrons. The molecule has 0 saturated carbocycles. The Morgan fingerprint density at radius 3 is 2.31 bits per heavy atom. The van der Waals surface area contributed by atoms with E-state index < -0.39 is 0 Å². The van der Waals surface area contributed by atoms with Crippen molar-refractivity contribution in [2.24, 2.45) is 0 Å². The average Bonchev–Trinajstić information content (AvgIpc) is 3.16. The number of piperidine rings is 1. The van der Waals surface area contributed by atoms with E-state index >= 15 is 0 Å². The molecule has 0 aliphatic carbocycles. The predicted molar refractivity (Wildman–Crippen MR) is 129 cm³/mol. The Morgan fingerprint density at radius 2 is 1.62 bits per heavy atom. The van der Waals surface area contributed by atoms with Gasteiger partial charge in [0.05, 0.1) is 12.2 Å². The summed E-state index contributed by atoms with van der Waals surface area (Å²) in [5.41, 5.74) is 3.58. The van der Waals surface area contributed by atoms with Crippen LogP contribution < -0.4 is 5.32 Å². The lowest BCUT2D eigenvalue weighted by atomic mass is 10.0. The lowest BCUT2D eigenvalue weighted by Gasteiger charge is -2.27. The summed E-state index contributed by atoms with van der Waals surface area (Å²) >= 11 is 1.45. The van der Waals surface area contributed by atoms with E-state index in [1.54, 1.807) is 0 Å². The summed E-state index contributed by atoms with van der Waals surface area (Å²) in [5, 5.41) is 3.56. The van der Waals surface area contributed by atoms with Crippen LogP contribution in [0.4, 0.5) is 5.00 Å². The predicted octanol–water partition coefficient (Wildman–Crippen LogP) is 5.50. The van der Waals surface area contributed by atoms with E-state index in [2.05, 4.69) is 5.32 Å². The number of nitrogens with one attached hydrogen (secondary N) is 1. The van der Waals surface area contributed by atoms with E-state index in [1.807, 2.05) is 72.5 Å². The van der Waals surface area contributed by atoms with E-state index in [0.717, 1.165) is 53.9 Å². The molecule has 2 heterocycles. The Kier molecular flexibility index (Phi) is 7.35. The molecular weight excluding hydrogens is 420 g/mol. The Labute approximate surface area is 193 Å². The number of ether oxygens (including phenoxy) is 1. The maximum absolute atomic E-state index is 13.4. The fourth-order valence-corrected chi connectivity index (χ4v) is 5.20. The van der Waals surface area contributed by atoms with Crippen molar-refractivity contribution in [3.8, 4) is 10.4 Å². The van der Waals surface area contributed by atoms with Gasteiger partial charge in [0.15, 0.2) is 0 Å². The highest BCUT2D eigenvalue weighted by Crippen LogP contribution is 2.40. The Morgan fingerprint density at radius 1 is 0.969 bits per heavy atom. The molecular formula is C26H28N2O3S. The first-order valence-corrected chi connectivity index (χ1v) is 11.8. The standard InChI is InChI=1S/C26H28N2O3S/c1-19-23(26(30)28-15-9-4-10-16-28)25(32-24(19)21-13-7-3-8-14-21)27-22(29)18-31-17-20-11-5-2-6-12-20/h2-3,5-8,11-14H,4,9-10,15-18H2,1H3,(H,27,29). The summed E-state index contributed by atoms with van der Waals surface area (Å²) in [5.74, 6) is -0.254. The third-order valence-corrected chi connectivity index (χ3v) is 6.89. The highest BCUT2D eigenvalue weighted by molar-refractivity contribution is 7.20. The lowest BCUT2D eigenvalue weighted by Crippen LogP contribution is -2.36. The van der Waals surface area contributed by atoms with Gasteiger partial charge in [-0.15, -0.1) is 11.3 Å². The number of likely N-dealkylation sites (tertiary alicyclic amines) is 1. The van der Waals surface area contributed by atoms with Gasteiger partial charge >= 0.3 is 0 Å². The topological polar surface area (TPSA) is 58.6 Å². The SMILES string of the molecule is Cc1c(-c2ccccc2)sc(NC(=O)COCc2ccccc2)c1C(=O)N1CCCCC1. The summed E-state index contributed by atoms with van der Waals surface area (Å²) in [4.78, 5) is 29.0. The summed E-state index contributed by atoms with van der Waals surface area (Å²) in [6, 6.07) is 19.7. The minimum Gasteiger partial charge on any atom is -0.367 e. The van der Waals surface area contributed by atoms with Crippen LogP contribution in [0, 0.1) is 6.92 Å². The second-order valence-corrected chi connectivity index (χ2v) is 9.03. The third kappa shape index (κ3) is 5.26. The normalized spacial score (nSPS) is 13.7. The maximum atomic E-state index is 13.4. The van der Waals surface area contributed by atoms with Crippen LogP contribution in [0.25, 0.3) is 10.4 Å². The van der Waals surface area contributed by atoms with E-state index in [-0.39, 0.29) is 18.4 Å². The van der Waals surface area contributed by atoms with E-state index in [1.165, 1.54) is 11.3 Å². The monoisotopic (exact) mass is 448 g/mol. The van der Waals surface area contributed by atoms with E-state index in [4.69, 9.17) is 4.74 Å². The second kappa shape index (κ2) is 10.6. The highest BCUT2D eigenvalue weighted by Gasteiger charge is 2.27. The molecule has 1 saturated heterocycles. The van der Waals surface area contributed by atoms with Gasteiger partial charge in [-0.1, -0.05) is 60.7 Å². The second-order valence-electron chi connectivity index (χ2n) is 8.01. The van der Waals surface area contributed by atoms with Crippen LogP contribution in [-0.4, -0.2) is 36.4 Å². The van der Waals surface area contributed by atoms with Crippen LogP contribution in [0.1, 0.15) is 40.7 Å². The van der Waals surface area contributed by atoms with Crippen molar-refractivity contribution < 1.29 is 14.3 Å². The molecule has 5 nitrogen and oxygen atoms in total. The smallest absolute Gasteiger partial charge is 0.257 e. The number of carbonyl (C=O) groups excluding carboxylic acids is 2. The Balaban J connectivity index is 1.53. The van der Waals surface area contributed by atoms with Crippen molar-refractivity contribution in [2.75, 3.05) is 25.0 Å². The molecule has 6 heteroatoms. The number of thiophene rings is 1. The number of benzene rings is 2. The molecule has 1 aliphatic heterocycles. The van der Waals surface area contributed by atoms with Crippen LogP contribution in [0.15, 0.2) is 60.7 Å². The molecule has 0 spiro atoms. The number of nitrogens with zero attached hydrogens (tertiary/aromatic N) is 1. The summed E-state index contributed by atoms with van der Waals surface area (Å²) < 4.78 is 5.59. The molecule has 0 atom stereocenters. The summed E-state index contributed by atoms with van der Waals surface area (Å²) in [6.07, 6.45) is 3.20. The van der Waals surface area contributed by atoms with Crippen molar-refractivity contribution in [1.82, 2.24) is 4.90 Å². The van der Waals surface area contributed by atoms with Gasteiger partial charge in [0.2, 0.25) is 0 Å². The number of anilines is 1. The molecule has 0 unspecified atom stereocenters. The first-order valence-electron chi connectivity index (χ1n) is 11.0. The number of amides is 2. The molecule has 1 fully saturated rings. The van der Waals surface area contributed by atoms with Gasteiger partial charge in [0.25, 0.3) is 11.8 Å². The number of carbonyl (C=O) groups is 2. The van der Waals surface area contributed by atoms with Crippen molar-refractivity contribution in [3.05, 3.63) is 77.4 Å². The van der Waals surface area contributed by atoms with Crippen LogP contribution in [-0.2, 0) is 16.1 Å². The van der Waals surface area contributed by atoms with Gasteiger partial charge in [0.1, 0.15) is 11.6 Å². The largest absolute Gasteiger partial charge is 0.367 e. The van der Waals surface area contributed by atoms with E-state index in [0.29, 0.717) is 17.2 Å². The van der Waals surface area contributed by atoms with Crippen LogP contribution in [0.2, 0.25) is 0 Å². The summed E-state index contributed by atoms with van der Waals surface area (Å²) in [6.45, 7) is 3.80. The van der Waals surface area contributed by atoms with Gasteiger partial charge in [-0.05, 0) is 42.9 Å². The first-order chi connectivity index (χ1) is 15.6. The molecule has 3 aromatic rings. The molecule has 1 aromatic heterocycles. The Bertz CT molecular complexity index is 1060. The van der Waals surface area contributed by atoms with Gasteiger partial charge < -0.3 is 15.0 Å². The highest BCUT2D eigenvalue weighted by atomic mass is 32.1. The number of rotatable bonds is 7. The van der Waals surface area contributed by atoms with Crippen molar-refractivity contribution in [2.45, 2.75) is 32.8 Å². The number of hydrogen-bond acceptors (Lipinski definition) is 4. The van der Waals surface area contributed by atoms with Gasteiger partial charge in [-0.3, -0.25) is 9.59 Å². The zero-order valence-corrected chi connectivity index (χ0v) is 19.1. The van der Waals surface area contributed by atoms with Crippen molar-refractivity contribution in [1.29, 1.82) is 0 Å². The molecule has 2 amide bonds. The molecule has 32 heavy (non-hydrogen) atoms. The fourth-order valence-electron chi connectivity index (χ4n) is 3.98. The fraction of sp³-hybridized carbons (Fsp3) is 0.308. The van der Waals surface area contributed by atoms with Crippen LogP contribution in [0.5, 0.6) is 0 Å². The molecule has 166 valence electrons. The first kappa shape index (κ1) is 22.2. The molecule has 2 aromatic carbocycles. The molecule has 0 bridgehead atoms. The molecule has 1 N–H and O–H groups in total.